The molecule has 0 radical (unpaired) electrons. The molecular weight excluding hydrogens is 367 g/mol. The second-order valence-electron chi connectivity index (χ2n) is 5.56. The largest absolute Gasteiger partial charge is 0.491 e. The standard InChI is InChI=1S/C17H16Cl2N2O4/c1-24-15-8-20-13(7-14(15)22)17(23)21-4-5-25-16(9-21)10-2-3-11(18)12(19)6-10/h2-3,6-8,16H,4-5,9H2,1H3,(H,20,22). The highest BCUT2D eigenvalue weighted by Crippen LogP contribution is 2.29. The molecule has 25 heavy (non-hydrogen) atoms. The van der Waals surface area contributed by atoms with Crippen LogP contribution in [0.1, 0.15) is 22.2 Å². The van der Waals surface area contributed by atoms with E-state index in [-0.39, 0.29) is 28.9 Å². The van der Waals surface area contributed by atoms with Crippen LogP contribution >= 0.6 is 23.2 Å². The van der Waals surface area contributed by atoms with Crippen molar-refractivity contribution in [3.63, 3.8) is 0 Å². The zero-order valence-electron chi connectivity index (χ0n) is 13.4. The summed E-state index contributed by atoms with van der Waals surface area (Å²) in [6.07, 6.45) is 1.07. The van der Waals surface area contributed by atoms with Crippen LogP contribution in [0.25, 0.3) is 0 Å². The Morgan fingerprint density at radius 1 is 1.32 bits per heavy atom. The summed E-state index contributed by atoms with van der Waals surface area (Å²) in [5.74, 6) is -0.111. The predicted octanol–water partition coefficient (Wildman–Crippen LogP) is 2.90. The molecule has 1 aromatic carbocycles. The molecule has 0 saturated carbocycles. The number of carbonyl (C=O) groups is 1. The van der Waals surface area contributed by atoms with Crippen molar-refractivity contribution < 1.29 is 14.3 Å². The summed E-state index contributed by atoms with van der Waals surface area (Å²) in [6.45, 7) is 1.17. The summed E-state index contributed by atoms with van der Waals surface area (Å²) in [5.41, 5.74) is 0.703. The van der Waals surface area contributed by atoms with E-state index in [1.807, 2.05) is 6.07 Å². The first-order valence-electron chi connectivity index (χ1n) is 7.62. The smallest absolute Gasteiger partial charge is 0.270 e. The molecule has 132 valence electrons. The Morgan fingerprint density at radius 3 is 2.80 bits per heavy atom. The number of hydrogen-bond donors (Lipinski definition) is 1. The van der Waals surface area contributed by atoms with E-state index in [4.69, 9.17) is 32.7 Å². The minimum Gasteiger partial charge on any atom is -0.491 e. The highest BCUT2D eigenvalue weighted by molar-refractivity contribution is 6.42. The van der Waals surface area contributed by atoms with E-state index in [0.29, 0.717) is 29.7 Å². The summed E-state index contributed by atoms with van der Waals surface area (Å²) in [5, 5.41) is 0.899. The van der Waals surface area contributed by atoms with E-state index in [0.717, 1.165) is 5.56 Å². The number of H-pyrrole nitrogens is 1. The molecule has 1 aromatic heterocycles. The number of nitrogens with zero attached hydrogens (tertiary/aromatic N) is 1. The Hall–Kier alpha value is -2.02. The summed E-state index contributed by atoms with van der Waals surface area (Å²) in [6, 6.07) is 6.50. The van der Waals surface area contributed by atoms with E-state index >= 15 is 0 Å². The zero-order chi connectivity index (χ0) is 18.0. The molecule has 1 fully saturated rings. The number of amides is 1. The highest BCUT2D eigenvalue weighted by atomic mass is 35.5. The van der Waals surface area contributed by atoms with Crippen molar-refractivity contribution in [2.24, 2.45) is 0 Å². The van der Waals surface area contributed by atoms with Gasteiger partial charge in [-0.2, -0.15) is 0 Å². The average Bonchev–Trinajstić information content (AvgIpc) is 2.63. The fraction of sp³-hybridized carbons (Fsp3) is 0.294. The molecule has 6 nitrogen and oxygen atoms in total. The Morgan fingerprint density at radius 2 is 2.12 bits per heavy atom. The Bertz CT molecular complexity index is 853. The third-order valence-electron chi connectivity index (χ3n) is 4.00. The van der Waals surface area contributed by atoms with Crippen LogP contribution in [0, 0.1) is 0 Å². The van der Waals surface area contributed by atoms with E-state index in [1.165, 1.54) is 19.4 Å². The molecule has 2 heterocycles. The number of morpholine rings is 1. The third kappa shape index (κ3) is 3.81. The first-order valence-corrected chi connectivity index (χ1v) is 8.37. The van der Waals surface area contributed by atoms with Gasteiger partial charge >= 0.3 is 0 Å². The molecule has 1 saturated heterocycles. The number of nitrogens with one attached hydrogen (secondary N) is 1. The normalized spacial score (nSPS) is 17.4. The van der Waals surface area contributed by atoms with Gasteiger partial charge in [0.05, 0.1) is 30.3 Å². The predicted molar refractivity (Wildman–Crippen MR) is 94.7 cm³/mol. The molecule has 1 aliphatic rings. The molecule has 0 bridgehead atoms. The second kappa shape index (κ2) is 7.47. The maximum atomic E-state index is 12.7. The number of aromatic amines is 1. The summed E-state index contributed by atoms with van der Waals surface area (Å²) < 4.78 is 10.7. The fourth-order valence-electron chi connectivity index (χ4n) is 2.66. The van der Waals surface area contributed by atoms with Gasteiger partial charge in [-0.25, -0.2) is 0 Å². The van der Waals surface area contributed by atoms with Crippen LogP contribution in [0.2, 0.25) is 10.0 Å². The lowest BCUT2D eigenvalue weighted by molar-refractivity contribution is -0.0230. The molecule has 1 unspecified atom stereocenters. The molecule has 0 aliphatic carbocycles. The van der Waals surface area contributed by atoms with Crippen LogP contribution in [0.5, 0.6) is 5.75 Å². The minimum absolute atomic E-state index is 0.159. The summed E-state index contributed by atoms with van der Waals surface area (Å²) in [4.78, 5) is 28.9. The lowest BCUT2D eigenvalue weighted by Gasteiger charge is -2.33. The van der Waals surface area contributed by atoms with Gasteiger partial charge in [0.1, 0.15) is 11.8 Å². The lowest BCUT2D eigenvalue weighted by Crippen LogP contribution is -2.42. The van der Waals surface area contributed by atoms with Gasteiger partial charge in [-0.05, 0) is 17.7 Å². The zero-order valence-corrected chi connectivity index (χ0v) is 14.9. The number of carbonyl (C=O) groups excluding carboxylic acids is 1. The van der Waals surface area contributed by atoms with Crippen LogP contribution in [0.4, 0.5) is 0 Å². The molecule has 8 heteroatoms. The molecule has 0 spiro atoms. The maximum Gasteiger partial charge on any atom is 0.270 e. The molecule has 2 aromatic rings. The van der Waals surface area contributed by atoms with Gasteiger partial charge in [-0.3, -0.25) is 9.59 Å². The van der Waals surface area contributed by atoms with Gasteiger partial charge in [0.2, 0.25) is 5.43 Å². The van der Waals surface area contributed by atoms with E-state index in [2.05, 4.69) is 4.98 Å². The van der Waals surface area contributed by atoms with E-state index in [1.54, 1.807) is 17.0 Å². The SMILES string of the molecule is COc1c[nH]c(C(=O)N2CCOC(c3ccc(Cl)c(Cl)c3)C2)cc1=O. The van der Waals surface area contributed by atoms with Gasteiger partial charge in [-0.1, -0.05) is 29.3 Å². The number of benzene rings is 1. The molecule has 3 rings (SSSR count). The molecule has 1 aliphatic heterocycles. The van der Waals surface area contributed by atoms with Crippen LogP contribution in [-0.4, -0.2) is 42.6 Å². The van der Waals surface area contributed by atoms with Crippen LogP contribution < -0.4 is 10.2 Å². The molecule has 1 amide bonds. The van der Waals surface area contributed by atoms with Crippen molar-refractivity contribution in [1.82, 2.24) is 9.88 Å². The number of aromatic nitrogens is 1. The van der Waals surface area contributed by atoms with Crippen molar-refractivity contribution in [3.8, 4) is 5.75 Å². The van der Waals surface area contributed by atoms with Crippen molar-refractivity contribution in [2.45, 2.75) is 6.10 Å². The maximum absolute atomic E-state index is 12.7. The van der Waals surface area contributed by atoms with Crippen molar-refractivity contribution in [2.75, 3.05) is 26.8 Å². The Labute approximate surface area is 154 Å². The monoisotopic (exact) mass is 382 g/mol. The molecular formula is C17H16Cl2N2O4. The van der Waals surface area contributed by atoms with Crippen molar-refractivity contribution >= 4 is 29.1 Å². The first-order chi connectivity index (χ1) is 12.0. The van der Waals surface area contributed by atoms with Gasteiger partial charge in [0.25, 0.3) is 5.91 Å². The average molecular weight is 383 g/mol. The number of hydrogen-bond acceptors (Lipinski definition) is 4. The topological polar surface area (TPSA) is 71.6 Å². The number of methoxy groups -OCH3 is 1. The minimum atomic E-state index is -0.348. The van der Waals surface area contributed by atoms with Gasteiger partial charge in [0, 0.05) is 18.8 Å². The Balaban J connectivity index is 1.78. The quantitative estimate of drug-likeness (QED) is 0.885. The first kappa shape index (κ1) is 17.8. The van der Waals surface area contributed by atoms with Gasteiger partial charge in [0.15, 0.2) is 5.75 Å². The number of pyridine rings is 1. The van der Waals surface area contributed by atoms with E-state index < -0.39 is 0 Å². The van der Waals surface area contributed by atoms with Gasteiger partial charge < -0.3 is 19.4 Å². The van der Waals surface area contributed by atoms with Crippen LogP contribution in [0.3, 0.4) is 0 Å². The van der Waals surface area contributed by atoms with Crippen molar-refractivity contribution in [1.29, 1.82) is 0 Å². The molecule has 1 N–H and O–H groups in total. The Kier molecular flexibility index (Phi) is 5.32. The summed E-state index contributed by atoms with van der Waals surface area (Å²) >= 11 is 12.0. The number of halogens is 2. The highest BCUT2D eigenvalue weighted by Gasteiger charge is 2.27. The summed E-state index contributed by atoms with van der Waals surface area (Å²) in [7, 11) is 1.40. The van der Waals surface area contributed by atoms with Crippen LogP contribution in [-0.2, 0) is 4.74 Å². The fourth-order valence-corrected chi connectivity index (χ4v) is 2.97. The lowest BCUT2D eigenvalue weighted by atomic mass is 10.1. The van der Waals surface area contributed by atoms with Crippen molar-refractivity contribution in [3.05, 3.63) is 62.0 Å². The number of ether oxygens (including phenoxy) is 2. The third-order valence-corrected chi connectivity index (χ3v) is 4.74. The van der Waals surface area contributed by atoms with Crippen LogP contribution in [0.15, 0.2) is 35.3 Å². The number of rotatable bonds is 3. The molecule has 1 atom stereocenters. The van der Waals surface area contributed by atoms with Gasteiger partial charge in [-0.15, -0.1) is 0 Å². The second-order valence-corrected chi connectivity index (χ2v) is 6.38. The van der Waals surface area contributed by atoms with E-state index in [9.17, 15) is 9.59 Å².